The van der Waals surface area contributed by atoms with Crippen LogP contribution in [0.3, 0.4) is 0 Å². The quantitative estimate of drug-likeness (QED) is 0.577. The average molecular weight is 273 g/mol. The zero-order valence-electron chi connectivity index (χ0n) is 8.91. The topological polar surface area (TPSA) is 35.5 Å². The van der Waals surface area contributed by atoms with Crippen molar-refractivity contribution in [2.45, 2.75) is 26.4 Å². The highest BCUT2D eigenvalue weighted by atomic mass is 79.9. The van der Waals surface area contributed by atoms with Crippen LogP contribution in [0.5, 0.6) is 5.75 Å². The number of benzene rings is 1. The van der Waals surface area contributed by atoms with Gasteiger partial charge in [0.1, 0.15) is 11.4 Å². The molecule has 0 saturated carbocycles. The average Bonchev–Trinajstić information content (AvgIpc) is 1.99. The number of hydrogen-bond donors (Lipinski definition) is 0. The maximum absolute atomic E-state index is 11.3. The summed E-state index contributed by atoms with van der Waals surface area (Å²) < 4.78 is 10.8. The first-order valence-electron chi connectivity index (χ1n) is 4.53. The molecule has 0 aliphatic carbocycles. The first kappa shape index (κ1) is 12.0. The largest absolute Gasteiger partial charge is 0.514 e. The van der Waals surface area contributed by atoms with Gasteiger partial charge in [0.2, 0.25) is 0 Å². The molecule has 0 atom stereocenters. The minimum Gasteiger partial charge on any atom is -0.428 e. The first-order valence-corrected chi connectivity index (χ1v) is 5.32. The lowest BCUT2D eigenvalue weighted by atomic mass is 10.2. The molecule has 3 nitrogen and oxygen atoms in total. The second kappa shape index (κ2) is 4.66. The van der Waals surface area contributed by atoms with Gasteiger partial charge in [-0.05, 0) is 39.0 Å². The molecule has 0 aliphatic heterocycles. The van der Waals surface area contributed by atoms with Crippen LogP contribution in [-0.2, 0) is 4.74 Å². The Balaban J connectivity index is 2.59. The molecular formula is C11H13BrO3. The molecule has 82 valence electrons. The lowest BCUT2D eigenvalue weighted by molar-refractivity contribution is 0.0206. The SMILES string of the molecule is CC(C)(C)OC(=O)Oc1cccc(Br)c1. The van der Waals surface area contributed by atoms with Gasteiger partial charge in [-0.25, -0.2) is 4.79 Å². The Labute approximate surface area is 97.5 Å². The lowest BCUT2D eigenvalue weighted by Gasteiger charge is -2.18. The highest BCUT2D eigenvalue weighted by molar-refractivity contribution is 9.10. The first-order chi connectivity index (χ1) is 6.87. The molecular weight excluding hydrogens is 260 g/mol. The van der Waals surface area contributed by atoms with E-state index in [0.717, 1.165) is 4.47 Å². The third kappa shape index (κ3) is 4.83. The molecule has 1 aromatic carbocycles. The highest BCUT2D eigenvalue weighted by Gasteiger charge is 2.17. The zero-order chi connectivity index (χ0) is 11.5. The van der Waals surface area contributed by atoms with Crippen LogP contribution in [0, 0.1) is 0 Å². The maximum atomic E-state index is 11.3. The Morgan fingerprint density at radius 1 is 1.33 bits per heavy atom. The fourth-order valence-corrected chi connectivity index (χ4v) is 1.28. The molecule has 0 unspecified atom stereocenters. The van der Waals surface area contributed by atoms with Gasteiger partial charge in [-0.15, -0.1) is 0 Å². The van der Waals surface area contributed by atoms with Crippen LogP contribution in [0.15, 0.2) is 28.7 Å². The number of halogens is 1. The third-order valence-corrected chi connectivity index (χ3v) is 1.88. The van der Waals surface area contributed by atoms with E-state index in [2.05, 4.69) is 15.9 Å². The van der Waals surface area contributed by atoms with Crippen molar-refractivity contribution in [2.24, 2.45) is 0 Å². The normalized spacial score (nSPS) is 10.9. The molecule has 0 amide bonds. The summed E-state index contributed by atoms with van der Waals surface area (Å²) in [5.74, 6) is 0.457. The molecule has 1 rings (SSSR count). The van der Waals surface area contributed by atoms with Gasteiger partial charge in [0.05, 0.1) is 0 Å². The predicted molar refractivity (Wildman–Crippen MR) is 61.0 cm³/mol. The van der Waals surface area contributed by atoms with Crippen LogP contribution in [0.4, 0.5) is 4.79 Å². The number of rotatable bonds is 1. The maximum Gasteiger partial charge on any atom is 0.514 e. The van der Waals surface area contributed by atoms with Gasteiger partial charge in [-0.2, -0.15) is 0 Å². The molecule has 0 heterocycles. The van der Waals surface area contributed by atoms with Gasteiger partial charge >= 0.3 is 6.16 Å². The zero-order valence-corrected chi connectivity index (χ0v) is 10.5. The second-order valence-electron chi connectivity index (χ2n) is 4.02. The van der Waals surface area contributed by atoms with Crippen LogP contribution >= 0.6 is 15.9 Å². The number of hydrogen-bond acceptors (Lipinski definition) is 3. The molecule has 0 aliphatic rings. The van der Waals surface area contributed by atoms with Crippen LogP contribution < -0.4 is 4.74 Å². The fraction of sp³-hybridized carbons (Fsp3) is 0.364. The highest BCUT2D eigenvalue weighted by Crippen LogP contribution is 2.19. The number of carbonyl (C=O) groups excluding carboxylic acids is 1. The van der Waals surface area contributed by atoms with Crippen molar-refractivity contribution in [2.75, 3.05) is 0 Å². The molecule has 0 bridgehead atoms. The van der Waals surface area contributed by atoms with Gasteiger partial charge in [0, 0.05) is 4.47 Å². The summed E-state index contributed by atoms with van der Waals surface area (Å²) >= 11 is 3.28. The summed E-state index contributed by atoms with van der Waals surface area (Å²) in [5, 5.41) is 0. The Bertz CT molecular complexity index is 355. The fourth-order valence-electron chi connectivity index (χ4n) is 0.898. The molecule has 0 saturated heterocycles. The van der Waals surface area contributed by atoms with Crippen LogP contribution in [-0.4, -0.2) is 11.8 Å². The van der Waals surface area contributed by atoms with Crippen molar-refractivity contribution in [3.05, 3.63) is 28.7 Å². The van der Waals surface area contributed by atoms with Gasteiger partial charge in [0.15, 0.2) is 0 Å². The minimum atomic E-state index is -0.694. The van der Waals surface area contributed by atoms with Gasteiger partial charge in [0.25, 0.3) is 0 Å². The van der Waals surface area contributed by atoms with Gasteiger partial charge < -0.3 is 9.47 Å². The summed E-state index contributed by atoms with van der Waals surface area (Å²) in [5.41, 5.74) is -0.539. The summed E-state index contributed by atoms with van der Waals surface area (Å²) in [6, 6.07) is 7.02. The molecule has 1 aromatic rings. The van der Waals surface area contributed by atoms with E-state index in [1.54, 1.807) is 39.0 Å². The Hall–Kier alpha value is -1.03. The summed E-state index contributed by atoms with van der Waals surface area (Å²) in [7, 11) is 0. The van der Waals surface area contributed by atoms with Crippen molar-refractivity contribution < 1.29 is 14.3 Å². The molecule has 15 heavy (non-hydrogen) atoms. The third-order valence-electron chi connectivity index (χ3n) is 1.39. The molecule has 4 heteroatoms. The summed E-state index contributed by atoms with van der Waals surface area (Å²) in [6.07, 6.45) is -0.694. The van der Waals surface area contributed by atoms with E-state index in [1.165, 1.54) is 0 Å². The van der Waals surface area contributed by atoms with Crippen LogP contribution in [0.1, 0.15) is 20.8 Å². The van der Waals surface area contributed by atoms with Crippen molar-refractivity contribution in [1.82, 2.24) is 0 Å². The van der Waals surface area contributed by atoms with Gasteiger partial charge in [-0.1, -0.05) is 22.0 Å². The van der Waals surface area contributed by atoms with Crippen molar-refractivity contribution in [3.8, 4) is 5.75 Å². The van der Waals surface area contributed by atoms with E-state index < -0.39 is 11.8 Å². The Morgan fingerprint density at radius 3 is 2.53 bits per heavy atom. The van der Waals surface area contributed by atoms with E-state index in [0.29, 0.717) is 5.75 Å². The second-order valence-corrected chi connectivity index (χ2v) is 4.94. The van der Waals surface area contributed by atoms with Crippen LogP contribution in [0.2, 0.25) is 0 Å². The van der Waals surface area contributed by atoms with E-state index in [1.807, 2.05) is 6.07 Å². The number of carbonyl (C=O) groups is 1. The standard InChI is InChI=1S/C11H13BrO3/c1-11(2,3)15-10(13)14-9-6-4-5-8(12)7-9/h4-7H,1-3H3. The predicted octanol–water partition coefficient (Wildman–Crippen LogP) is 3.76. The van der Waals surface area contributed by atoms with E-state index in [4.69, 9.17) is 9.47 Å². The smallest absolute Gasteiger partial charge is 0.428 e. The minimum absolute atomic E-state index is 0.457. The molecule has 0 N–H and O–H groups in total. The molecule has 0 aromatic heterocycles. The van der Waals surface area contributed by atoms with Gasteiger partial charge in [-0.3, -0.25) is 0 Å². The van der Waals surface area contributed by atoms with Crippen molar-refractivity contribution in [3.63, 3.8) is 0 Å². The van der Waals surface area contributed by atoms with E-state index >= 15 is 0 Å². The summed E-state index contributed by atoms with van der Waals surface area (Å²) in [6.45, 7) is 5.36. The lowest BCUT2D eigenvalue weighted by Crippen LogP contribution is -2.25. The molecule has 0 fully saturated rings. The van der Waals surface area contributed by atoms with Crippen molar-refractivity contribution in [1.29, 1.82) is 0 Å². The van der Waals surface area contributed by atoms with Crippen molar-refractivity contribution >= 4 is 22.1 Å². The van der Waals surface area contributed by atoms with E-state index in [9.17, 15) is 4.79 Å². The Kier molecular flexibility index (Phi) is 3.74. The molecule has 0 spiro atoms. The van der Waals surface area contributed by atoms with E-state index in [-0.39, 0.29) is 0 Å². The Morgan fingerprint density at radius 2 is 2.00 bits per heavy atom. The number of ether oxygens (including phenoxy) is 2. The van der Waals surface area contributed by atoms with Crippen LogP contribution in [0.25, 0.3) is 0 Å². The monoisotopic (exact) mass is 272 g/mol. The summed E-state index contributed by atoms with van der Waals surface area (Å²) in [4.78, 5) is 11.3. The molecule has 0 radical (unpaired) electrons.